The topological polar surface area (TPSA) is 38.0 Å². The fraction of sp³-hybridized carbons (Fsp3) is 0.786. The third-order valence-electron chi connectivity index (χ3n) is 2.74. The summed E-state index contributed by atoms with van der Waals surface area (Å²) in [6, 6.07) is 0. The van der Waals surface area contributed by atoms with Crippen molar-refractivity contribution in [2.45, 2.75) is 66.3 Å². The lowest BCUT2D eigenvalue weighted by Gasteiger charge is -2.20. The highest BCUT2D eigenvalue weighted by molar-refractivity contribution is 5.37. The smallest absolute Gasteiger partial charge is 0.160 e. The quantitative estimate of drug-likeness (QED) is 0.872. The Hall–Kier alpha value is -0.990. The summed E-state index contributed by atoms with van der Waals surface area (Å²) >= 11 is 0. The van der Waals surface area contributed by atoms with E-state index in [4.69, 9.17) is 0 Å². The predicted molar refractivity (Wildman–Crippen MR) is 71.4 cm³/mol. The zero-order chi connectivity index (χ0) is 13.2. The highest BCUT2D eigenvalue weighted by atomic mass is 16.3. The van der Waals surface area contributed by atoms with E-state index in [2.05, 4.69) is 46.6 Å². The third kappa shape index (κ3) is 3.24. The molecule has 0 atom stereocenters. The minimum atomic E-state index is -0.0680. The molecular formula is C14H26N2O. The molecule has 98 valence electrons. The van der Waals surface area contributed by atoms with Crippen LogP contribution in [-0.4, -0.2) is 14.9 Å². The molecule has 0 spiro atoms. The molecule has 0 saturated heterocycles. The maximum atomic E-state index is 10.3. The second-order valence-electron chi connectivity index (χ2n) is 6.22. The maximum absolute atomic E-state index is 10.3. The van der Waals surface area contributed by atoms with Gasteiger partial charge in [0.25, 0.3) is 0 Å². The first-order valence-corrected chi connectivity index (χ1v) is 6.56. The first-order chi connectivity index (χ1) is 7.77. The van der Waals surface area contributed by atoms with Crippen LogP contribution in [-0.2, 0) is 18.4 Å². The molecule has 3 heteroatoms. The van der Waals surface area contributed by atoms with E-state index in [9.17, 15) is 5.11 Å². The van der Waals surface area contributed by atoms with Gasteiger partial charge in [-0.1, -0.05) is 41.5 Å². The minimum absolute atomic E-state index is 0.0680. The van der Waals surface area contributed by atoms with Crippen LogP contribution in [0.4, 0.5) is 0 Å². The van der Waals surface area contributed by atoms with Crippen LogP contribution in [0.2, 0.25) is 0 Å². The van der Waals surface area contributed by atoms with Gasteiger partial charge in [0, 0.05) is 12.0 Å². The molecule has 0 amide bonds. The zero-order valence-corrected chi connectivity index (χ0v) is 12.0. The molecule has 1 N–H and O–H groups in total. The first-order valence-electron chi connectivity index (χ1n) is 6.56. The predicted octanol–water partition coefficient (Wildman–Crippen LogP) is 3.49. The molecule has 3 nitrogen and oxygen atoms in total. The van der Waals surface area contributed by atoms with Crippen LogP contribution < -0.4 is 0 Å². The Bertz CT molecular complexity index is 372. The zero-order valence-electron chi connectivity index (χ0n) is 12.0. The van der Waals surface area contributed by atoms with Gasteiger partial charge in [0.15, 0.2) is 5.75 Å². The van der Waals surface area contributed by atoms with Crippen LogP contribution in [0.15, 0.2) is 0 Å². The van der Waals surface area contributed by atoms with Crippen molar-refractivity contribution in [3.63, 3.8) is 0 Å². The Balaban J connectivity index is 3.20. The number of rotatable bonds is 4. The Morgan fingerprint density at radius 3 is 2.29 bits per heavy atom. The summed E-state index contributed by atoms with van der Waals surface area (Å²) in [5.41, 5.74) is 1.75. The number of nitrogens with zero attached hydrogens (tertiary/aromatic N) is 2. The van der Waals surface area contributed by atoms with Gasteiger partial charge in [-0.25, -0.2) is 0 Å². The van der Waals surface area contributed by atoms with Crippen molar-refractivity contribution in [3.05, 3.63) is 11.4 Å². The molecule has 0 aliphatic rings. The molecule has 0 unspecified atom stereocenters. The Morgan fingerprint density at radius 2 is 1.88 bits per heavy atom. The van der Waals surface area contributed by atoms with Gasteiger partial charge >= 0.3 is 0 Å². The van der Waals surface area contributed by atoms with Crippen molar-refractivity contribution in [3.8, 4) is 5.75 Å². The summed E-state index contributed by atoms with van der Waals surface area (Å²) in [6.07, 6.45) is 1.87. The lowest BCUT2D eigenvalue weighted by atomic mass is 9.90. The van der Waals surface area contributed by atoms with Gasteiger partial charge in [0.2, 0.25) is 0 Å². The Labute approximate surface area is 105 Å². The van der Waals surface area contributed by atoms with E-state index in [1.54, 1.807) is 0 Å². The number of hydrogen-bond donors (Lipinski definition) is 1. The van der Waals surface area contributed by atoms with Crippen LogP contribution in [0.25, 0.3) is 0 Å². The van der Waals surface area contributed by atoms with Gasteiger partial charge in [0.05, 0.1) is 5.69 Å². The summed E-state index contributed by atoms with van der Waals surface area (Å²) in [4.78, 5) is 0. The average molecular weight is 238 g/mol. The molecule has 0 bridgehead atoms. The summed E-state index contributed by atoms with van der Waals surface area (Å²) in [7, 11) is 0. The Morgan fingerprint density at radius 1 is 1.29 bits per heavy atom. The average Bonchev–Trinajstić information content (AvgIpc) is 2.41. The number of hydrogen-bond acceptors (Lipinski definition) is 2. The molecule has 0 saturated carbocycles. The van der Waals surface area contributed by atoms with Crippen LogP contribution in [0.1, 0.15) is 59.4 Å². The van der Waals surface area contributed by atoms with Gasteiger partial charge < -0.3 is 5.11 Å². The first kappa shape index (κ1) is 14.1. The van der Waals surface area contributed by atoms with E-state index in [0.29, 0.717) is 11.7 Å². The van der Waals surface area contributed by atoms with Gasteiger partial charge in [-0.05, 0) is 18.8 Å². The number of aromatic nitrogens is 2. The standard InChI is InChI=1S/C14H26N2O/c1-7-8-16-13(14(4,5)6)12(17)11(15-16)9-10(2)3/h10,17H,7-9H2,1-6H3. The molecule has 1 rings (SSSR count). The summed E-state index contributed by atoms with van der Waals surface area (Å²) in [5.74, 6) is 0.915. The van der Waals surface area contributed by atoms with Gasteiger partial charge in [-0.15, -0.1) is 0 Å². The highest BCUT2D eigenvalue weighted by Gasteiger charge is 2.27. The van der Waals surface area contributed by atoms with Crippen molar-refractivity contribution < 1.29 is 5.11 Å². The maximum Gasteiger partial charge on any atom is 0.160 e. The van der Waals surface area contributed by atoms with Gasteiger partial charge in [-0.3, -0.25) is 4.68 Å². The fourth-order valence-corrected chi connectivity index (χ4v) is 2.14. The summed E-state index contributed by atoms with van der Waals surface area (Å²) in [6.45, 7) is 13.7. The van der Waals surface area contributed by atoms with Crippen molar-refractivity contribution in [2.24, 2.45) is 5.92 Å². The summed E-state index contributed by atoms with van der Waals surface area (Å²) < 4.78 is 1.98. The molecule has 0 aliphatic carbocycles. The van der Waals surface area contributed by atoms with Crippen molar-refractivity contribution in [1.29, 1.82) is 0 Å². The second kappa shape index (κ2) is 5.11. The van der Waals surface area contributed by atoms with Crippen LogP contribution in [0.5, 0.6) is 5.75 Å². The molecular weight excluding hydrogens is 212 g/mol. The molecule has 1 heterocycles. The van der Waals surface area contributed by atoms with E-state index in [1.165, 1.54) is 0 Å². The van der Waals surface area contributed by atoms with Crippen molar-refractivity contribution in [2.75, 3.05) is 0 Å². The van der Waals surface area contributed by atoms with Crippen molar-refractivity contribution in [1.82, 2.24) is 9.78 Å². The van der Waals surface area contributed by atoms with Crippen LogP contribution in [0.3, 0.4) is 0 Å². The van der Waals surface area contributed by atoms with Crippen molar-refractivity contribution >= 4 is 0 Å². The molecule has 0 aromatic carbocycles. The second-order valence-corrected chi connectivity index (χ2v) is 6.22. The third-order valence-corrected chi connectivity index (χ3v) is 2.74. The summed E-state index contributed by atoms with van der Waals surface area (Å²) in [5, 5.41) is 14.9. The van der Waals surface area contributed by atoms with E-state index in [1.807, 2.05) is 4.68 Å². The Kier molecular flexibility index (Phi) is 4.23. The normalized spacial score (nSPS) is 12.4. The minimum Gasteiger partial charge on any atom is -0.504 e. The molecule has 1 aromatic rings. The number of aryl methyl sites for hydroxylation is 1. The largest absolute Gasteiger partial charge is 0.504 e. The lowest BCUT2D eigenvalue weighted by molar-refractivity contribution is 0.420. The molecule has 0 radical (unpaired) electrons. The van der Waals surface area contributed by atoms with E-state index in [-0.39, 0.29) is 5.41 Å². The fourth-order valence-electron chi connectivity index (χ4n) is 2.14. The lowest BCUT2D eigenvalue weighted by Crippen LogP contribution is -2.18. The van der Waals surface area contributed by atoms with Crippen LogP contribution >= 0.6 is 0 Å². The molecule has 0 aliphatic heterocycles. The number of aromatic hydroxyl groups is 1. The van der Waals surface area contributed by atoms with Crippen LogP contribution in [0, 0.1) is 5.92 Å². The SMILES string of the molecule is CCCn1nc(CC(C)C)c(O)c1C(C)(C)C. The van der Waals surface area contributed by atoms with E-state index in [0.717, 1.165) is 30.8 Å². The van der Waals surface area contributed by atoms with E-state index < -0.39 is 0 Å². The molecule has 17 heavy (non-hydrogen) atoms. The molecule has 1 aromatic heterocycles. The van der Waals surface area contributed by atoms with Gasteiger partial charge in [-0.2, -0.15) is 5.10 Å². The highest BCUT2D eigenvalue weighted by Crippen LogP contribution is 2.34. The van der Waals surface area contributed by atoms with E-state index >= 15 is 0 Å². The monoisotopic (exact) mass is 238 g/mol. The van der Waals surface area contributed by atoms with Gasteiger partial charge in [0.1, 0.15) is 5.69 Å². The molecule has 0 fully saturated rings.